The third-order valence-electron chi connectivity index (χ3n) is 4.28. The summed E-state index contributed by atoms with van der Waals surface area (Å²) >= 11 is 0. The SMILES string of the molecule is CC(C)Cn1nc(C(=O)N2CCOC[C@@H]2C(=O)O)c2ccccc2c1=O. The maximum atomic E-state index is 13.1. The molecule has 1 N–H and O–H groups in total. The van der Waals surface area contributed by atoms with Crippen LogP contribution in [0.1, 0.15) is 24.3 Å². The Bertz CT molecular complexity index is 905. The first kappa shape index (κ1) is 18.1. The van der Waals surface area contributed by atoms with E-state index in [1.807, 2.05) is 13.8 Å². The number of fused-ring (bicyclic) bond motifs is 1. The summed E-state index contributed by atoms with van der Waals surface area (Å²) in [4.78, 5) is 38.5. The van der Waals surface area contributed by atoms with Crippen molar-refractivity contribution in [2.45, 2.75) is 26.4 Å². The van der Waals surface area contributed by atoms with Gasteiger partial charge in [0.2, 0.25) is 0 Å². The monoisotopic (exact) mass is 359 g/mol. The molecule has 2 heterocycles. The predicted octanol–water partition coefficient (Wildman–Crippen LogP) is 0.978. The Morgan fingerprint density at radius 1 is 1.31 bits per heavy atom. The number of amides is 1. The van der Waals surface area contributed by atoms with Gasteiger partial charge in [-0.15, -0.1) is 0 Å². The highest BCUT2D eigenvalue weighted by molar-refractivity contribution is 6.05. The standard InChI is InChI=1S/C18H21N3O5/c1-11(2)9-21-16(22)13-6-4-3-5-12(13)15(19-21)17(23)20-7-8-26-10-14(20)18(24)25/h3-6,11,14H,7-10H2,1-2H3,(H,24,25)/t14-/m1/s1. The maximum Gasteiger partial charge on any atom is 0.328 e. The summed E-state index contributed by atoms with van der Waals surface area (Å²) in [5.41, 5.74) is -0.170. The number of ether oxygens (including phenoxy) is 1. The predicted molar refractivity (Wildman–Crippen MR) is 94.1 cm³/mol. The molecule has 0 bridgehead atoms. The van der Waals surface area contributed by atoms with Gasteiger partial charge in [0, 0.05) is 18.5 Å². The van der Waals surface area contributed by atoms with E-state index in [4.69, 9.17) is 4.74 Å². The first-order valence-electron chi connectivity index (χ1n) is 8.51. The van der Waals surface area contributed by atoms with E-state index in [-0.39, 0.29) is 36.9 Å². The summed E-state index contributed by atoms with van der Waals surface area (Å²) in [6.07, 6.45) is 0. The first-order chi connectivity index (χ1) is 12.4. The Kier molecular flexibility index (Phi) is 5.03. The molecule has 1 aromatic heterocycles. The van der Waals surface area contributed by atoms with Gasteiger partial charge < -0.3 is 14.7 Å². The van der Waals surface area contributed by atoms with Crippen LogP contribution in [-0.2, 0) is 16.1 Å². The summed E-state index contributed by atoms with van der Waals surface area (Å²) in [7, 11) is 0. The second-order valence-corrected chi connectivity index (χ2v) is 6.70. The molecule has 1 aliphatic heterocycles. The van der Waals surface area contributed by atoms with Crippen LogP contribution in [0.5, 0.6) is 0 Å². The molecular formula is C18H21N3O5. The van der Waals surface area contributed by atoms with Gasteiger partial charge in [0.1, 0.15) is 0 Å². The van der Waals surface area contributed by atoms with Crippen LogP contribution in [0.3, 0.4) is 0 Å². The number of carbonyl (C=O) groups is 2. The molecule has 1 amide bonds. The lowest BCUT2D eigenvalue weighted by Crippen LogP contribution is -2.53. The highest BCUT2D eigenvalue weighted by Crippen LogP contribution is 2.18. The van der Waals surface area contributed by atoms with Crippen molar-refractivity contribution in [2.75, 3.05) is 19.8 Å². The summed E-state index contributed by atoms with van der Waals surface area (Å²) in [5.74, 6) is -1.47. The number of morpholine rings is 1. The van der Waals surface area contributed by atoms with E-state index in [1.54, 1.807) is 24.3 Å². The highest BCUT2D eigenvalue weighted by atomic mass is 16.5. The zero-order valence-electron chi connectivity index (χ0n) is 14.7. The quantitative estimate of drug-likeness (QED) is 0.873. The Morgan fingerprint density at radius 3 is 2.65 bits per heavy atom. The summed E-state index contributed by atoms with van der Waals surface area (Å²) in [5, 5.41) is 14.5. The van der Waals surface area contributed by atoms with Crippen molar-refractivity contribution in [2.24, 2.45) is 5.92 Å². The van der Waals surface area contributed by atoms with Crippen LogP contribution in [0.15, 0.2) is 29.1 Å². The van der Waals surface area contributed by atoms with Gasteiger partial charge >= 0.3 is 5.97 Å². The van der Waals surface area contributed by atoms with Crippen molar-refractivity contribution in [3.8, 4) is 0 Å². The van der Waals surface area contributed by atoms with Crippen LogP contribution < -0.4 is 5.56 Å². The molecule has 1 saturated heterocycles. The first-order valence-corrected chi connectivity index (χ1v) is 8.51. The van der Waals surface area contributed by atoms with Gasteiger partial charge in [-0.3, -0.25) is 9.59 Å². The minimum Gasteiger partial charge on any atom is -0.480 e. The second-order valence-electron chi connectivity index (χ2n) is 6.70. The molecule has 2 aromatic rings. The number of carboxylic acid groups (broad SMARTS) is 1. The molecule has 1 fully saturated rings. The molecule has 0 spiro atoms. The molecule has 1 aromatic carbocycles. The lowest BCUT2D eigenvalue weighted by atomic mass is 10.1. The molecule has 26 heavy (non-hydrogen) atoms. The number of carbonyl (C=O) groups excluding carboxylic acids is 1. The Labute approximate surface area is 150 Å². The minimum absolute atomic E-state index is 0.0648. The van der Waals surface area contributed by atoms with E-state index < -0.39 is 17.9 Å². The van der Waals surface area contributed by atoms with E-state index in [9.17, 15) is 19.5 Å². The van der Waals surface area contributed by atoms with Gasteiger partial charge in [0.15, 0.2) is 11.7 Å². The largest absolute Gasteiger partial charge is 0.480 e. The zero-order chi connectivity index (χ0) is 18.8. The van der Waals surface area contributed by atoms with Crippen molar-refractivity contribution >= 4 is 22.6 Å². The van der Waals surface area contributed by atoms with Crippen molar-refractivity contribution in [1.29, 1.82) is 0 Å². The minimum atomic E-state index is -1.13. The van der Waals surface area contributed by atoms with Gasteiger partial charge in [-0.2, -0.15) is 5.10 Å². The Hall–Kier alpha value is -2.74. The molecule has 1 aliphatic rings. The van der Waals surface area contributed by atoms with Gasteiger partial charge in [-0.1, -0.05) is 32.0 Å². The lowest BCUT2D eigenvalue weighted by Gasteiger charge is -2.32. The fraction of sp³-hybridized carbons (Fsp3) is 0.444. The van der Waals surface area contributed by atoms with E-state index >= 15 is 0 Å². The van der Waals surface area contributed by atoms with E-state index in [0.29, 0.717) is 17.3 Å². The number of nitrogens with zero attached hydrogens (tertiary/aromatic N) is 3. The smallest absolute Gasteiger partial charge is 0.328 e. The van der Waals surface area contributed by atoms with Crippen molar-refractivity contribution in [3.05, 3.63) is 40.3 Å². The number of hydrogen-bond donors (Lipinski definition) is 1. The van der Waals surface area contributed by atoms with E-state index in [0.717, 1.165) is 0 Å². The van der Waals surface area contributed by atoms with Crippen molar-refractivity contribution < 1.29 is 19.4 Å². The van der Waals surface area contributed by atoms with Gasteiger partial charge in [-0.05, 0) is 12.0 Å². The summed E-state index contributed by atoms with van der Waals surface area (Å²) < 4.78 is 6.48. The zero-order valence-corrected chi connectivity index (χ0v) is 14.7. The highest BCUT2D eigenvalue weighted by Gasteiger charge is 2.35. The van der Waals surface area contributed by atoms with Crippen molar-refractivity contribution in [3.63, 3.8) is 0 Å². The number of aromatic nitrogens is 2. The number of aliphatic carboxylic acids is 1. The third-order valence-corrected chi connectivity index (χ3v) is 4.28. The molecule has 8 nitrogen and oxygen atoms in total. The van der Waals surface area contributed by atoms with Crippen molar-refractivity contribution in [1.82, 2.24) is 14.7 Å². The van der Waals surface area contributed by atoms with Crippen LogP contribution in [0, 0.1) is 5.92 Å². The molecule has 0 unspecified atom stereocenters. The second kappa shape index (κ2) is 7.25. The molecule has 3 rings (SSSR count). The van der Waals surface area contributed by atoms with E-state index in [2.05, 4.69) is 5.10 Å². The number of benzene rings is 1. The molecule has 138 valence electrons. The van der Waals surface area contributed by atoms with E-state index in [1.165, 1.54) is 9.58 Å². The normalized spacial score (nSPS) is 17.7. The molecule has 0 radical (unpaired) electrons. The van der Waals surface area contributed by atoms with Crippen LogP contribution in [0.4, 0.5) is 0 Å². The molecule has 1 atom stereocenters. The van der Waals surface area contributed by atoms with Gasteiger partial charge in [0.25, 0.3) is 11.5 Å². The third kappa shape index (κ3) is 3.32. The van der Waals surface area contributed by atoms with Crippen LogP contribution >= 0.6 is 0 Å². The Balaban J connectivity index is 2.13. The number of carboxylic acids is 1. The Morgan fingerprint density at radius 2 is 2.00 bits per heavy atom. The van der Waals surface area contributed by atoms with Gasteiger partial charge in [-0.25, -0.2) is 9.48 Å². The van der Waals surface area contributed by atoms with Crippen LogP contribution in [0.25, 0.3) is 10.8 Å². The average Bonchev–Trinajstić information content (AvgIpc) is 2.63. The fourth-order valence-corrected chi connectivity index (χ4v) is 3.05. The van der Waals surface area contributed by atoms with Crippen LogP contribution in [0.2, 0.25) is 0 Å². The maximum absolute atomic E-state index is 13.1. The topological polar surface area (TPSA) is 102 Å². The summed E-state index contributed by atoms with van der Waals surface area (Å²) in [6, 6.07) is 5.70. The van der Waals surface area contributed by atoms with Crippen LogP contribution in [-0.4, -0.2) is 57.5 Å². The summed E-state index contributed by atoms with van der Waals surface area (Å²) in [6.45, 7) is 4.63. The van der Waals surface area contributed by atoms with Gasteiger partial charge in [0.05, 0.1) is 18.6 Å². The molecule has 0 aliphatic carbocycles. The molecule has 0 saturated carbocycles. The molecular weight excluding hydrogens is 338 g/mol. The lowest BCUT2D eigenvalue weighted by molar-refractivity contribution is -0.147. The average molecular weight is 359 g/mol. The fourth-order valence-electron chi connectivity index (χ4n) is 3.05. The number of hydrogen-bond acceptors (Lipinski definition) is 5. The number of rotatable bonds is 4. The molecule has 8 heteroatoms.